The van der Waals surface area contributed by atoms with Gasteiger partial charge in [-0.3, -0.25) is 9.59 Å². The van der Waals surface area contributed by atoms with Gasteiger partial charge in [-0.05, 0) is 17.7 Å². The normalized spacial score (nSPS) is 10.5. The highest BCUT2D eigenvalue weighted by molar-refractivity contribution is 7.15. The number of thiazole rings is 1. The van der Waals surface area contributed by atoms with Crippen molar-refractivity contribution < 1.29 is 18.4 Å². The van der Waals surface area contributed by atoms with Crippen molar-refractivity contribution in [1.82, 2.24) is 10.3 Å². The Balaban J connectivity index is 1.45. The standard InChI is InChI=1S/C20H17F2N3O2S/c21-14-6-7-16(17(22)11-14)19(27)23-9-8-18(26)25-20-24-12-15(28-20)10-13-4-2-1-3-5-13/h1-7,11-12H,8-10H2,(H,23,27)(H,24,25,26). The third-order valence-electron chi connectivity index (χ3n) is 3.83. The molecule has 3 rings (SSSR count). The molecular formula is C20H17F2N3O2S. The molecular weight excluding hydrogens is 384 g/mol. The second kappa shape index (κ2) is 9.18. The predicted molar refractivity (Wildman–Crippen MR) is 103 cm³/mol. The number of nitrogens with one attached hydrogen (secondary N) is 2. The van der Waals surface area contributed by atoms with Crippen molar-refractivity contribution in [3.8, 4) is 0 Å². The first-order valence-corrected chi connectivity index (χ1v) is 9.34. The third kappa shape index (κ3) is 5.43. The summed E-state index contributed by atoms with van der Waals surface area (Å²) in [5.41, 5.74) is 0.882. The SMILES string of the molecule is O=C(CCNC(=O)c1ccc(F)cc1F)Nc1ncc(Cc2ccccc2)s1. The zero-order valence-corrected chi connectivity index (χ0v) is 15.6. The molecule has 1 aromatic heterocycles. The van der Waals surface area contributed by atoms with Gasteiger partial charge in [0.1, 0.15) is 11.6 Å². The summed E-state index contributed by atoms with van der Waals surface area (Å²) in [6.45, 7) is 0.0176. The molecule has 28 heavy (non-hydrogen) atoms. The maximum Gasteiger partial charge on any atom is 0.254 e. The lowest BCUT2D eigenvalue weighted by Crippen LogP contribution is -2.28. The lowest BCUT2D eigenvalue weighted by atomic mass is 10.1. The Morgan fingerprint density at radius 1 is 1.07 bits per heavy atom. The molecule has 2 aromatic carbocycles. The van der Waals surface area contributed by atoms with Gasteiger partial charge in [-0.2, -0.15) is 0 Å². The first-order valence-electron chi connectivity index (χ1n) is 8.53. The number of nitrogens with zero attached hydrogens (tertiary/aromatic N) is 1. The number of benzene rings is 2. The molecule has 0 aliphatic carbocycles. The Labute approximate surface area is 164 Å². The van der Waals surface area contributed by atoms with Crippen LogP contribution in [0.1, 0.15) is 27.2 Å². The van der Waals surface area contributed by atoms with Crippen LogP contribution in [0.4, 0.5) is 13.9 Å². The van der Waals surface area contributed by atoms with Crippen molar-refractivity contribution in [2.45, 2.75) is 12.8 Å². The molecule has 144 valence electrons. The number of aromatic nitrogens is 1. The first kappa shape index (κ1) is 19.6. The Morgan fingerprint density at radius 3 is 2.61 bits per heavy atom. The molecule has 0 saturated carbocycles. The highest BCUT2D eigenvalue weighted by Gasteiger charge is 2.13. The summed E-state index contributed by atoms with van der Waals surface area (Å²) in [6.07, 6.45) is 2.45. The van der Waals surface area contributed by atoms with Gasteiger partial charge in [-0.15, -0.1) is 11.3 Å². The van der Waals surface area contributed by atoms with Crippen LogP contribution in [0, 0.1) is 11.6 Å². The number of carbonyl (C=O) groups is 2. The maximum absolute atomic E-state index is 13.5. The molecule has 0 fully saturated rings. The van der Waals surface area contributed by atoms with E-state index in [0.717, 1.165) is 29.0 Å². The predicted octanol–water partition coefficient (Wildman–Crippen LogP) is 3.77. The molecule has 0 unspecified atom stereocenters. The zero-order valence-electron chi connectivity index (χ0n) is 14.7. The summed E-state index contributed by atoms with van der Waals surface area (Å²) in [5.74, 6) is -2.73. The quantitative estimate of drug-likeness (QED) is 0.633. The van der Waals surface area contributed by atoms with Crippen LogP contribution in [0.3, 0.4) is 0 Å². The molecule has 2 amide bonds. The molecule has 0 radical (unpaired) electrons. The number of anilines is 1. The largest absolute Gasteiger partial charge is 0.351 e. The Morgan fingerprint density at radius 2 is 1.86 bits per heavy atom. The van der Waals surface area contributed by atoms with Gasteiger partial charge in [-0.1, -0.05) is 30.3 Å². The van der Waals surface area contributed by atoms with Crippen molar-refractivity contribution in [3.05, 3.63) is 82.4 Å². The average molecular weight is 401 g/mol. The number of amides is 2. The third-order valence-corrected chi connectivity index (χ3v) is 4.75. The van der Waals surface area contributed by atoms with E-state index in [1.807, 2.05) is 30.3 Å². The van der Waals surface area contributed by atoms with Gasteiger partial charge in [0.25, 0.3) is 5.91 Å². The van der Waals surface area contributed by atoms with Crippen molar-refractivity contribution in [1.29, 1.82) is 0 Å². The Hall–Kier alpha value is -3.13. The van der Waals surface area contributed by atoms with E-state index >= 15 is 0 Å². The zero-order chi connectivity index (χ0) is 19.9. The van der Waals surface area contributed by atoms with Crippen molar-refractivity contribution in [3.63, 3.8) is 0 Å². The van der Waals surface area contributed by atoms with E-state index in [-0.39, 0.29) is 24.4 Å². The van der Waals surface area contributed by atoms with E-state index < -0.39 is 17.5 Å². The molecule has 0 aliphatic rings. The lowest BCUT2D eigenvalue weighted by Gasteiger charge is -2.06. The molecule has 8 heteroatoms. The number of rotatable bonds is 7. The number of hydrogen-bond donors (Lipinski definition) is 2. The second-order valence-corrected chi connectivity index (χ2v) is 7.09. The summed E-state index contributed by atoms with van der Waals surface area (Å²) < 4.78 is 26.4. The summed E-state index contributed by atoms with van der Waals surface area (Å²) in [7, 11) is 0. The van der Waals surface area contributed by atoms with Crippen LogP contribution in [0.2, 0.25) is 0 Å². The van der Waals surface area contributed by atoms with Crippen LogP contribution in [0.5, 0.6) is 0 Å². The minimum Gasteiger partial charge on any atom is -0.351 e. The van der Waals surface area contributed by atoms with Gasteiger partial charge in [0.15, 0.2) is 5.13 Å². The molecule has 1 heterocycles. The van der Waals surface area contributed by atoms with Crippen LogP contribution in [0.15, 0.2) is 54.7 Å². The van der Waals surface area contributed by atoms with Gasteiger partial charge >= 0.3 is 0 Å². The van der Waals surface area contributed by atoms with Crippen LogP contribution in [-0.4, -0.2) is 23.3 Å². The van der Waals surface area contributed by atoms with E-state index in [0.29, 0.717) is 11.2 Å². The number of halogens is 2. The van der Waals surface area contributed by atoms with Crippen LogP contribution >= 0.6 is 11.3 Å². The minimum absolute atomic E-state index is 0.00214. The minimum atomic E-state index is -0.948. The fourth-order valence-corrected chi connectivity index (χ4v) is 3.35. The monoisotopic (exact) mass is 401 g/mol. The molecule has 0 saturated heterocycles. The van der Waals surface area contributed by atoms with E-state index in [2.05, 4.69) is 15.6 Å². The summed E-state index contributed by atoms with van der Waals surface area (Å²) in [6, 6.07) is 12.6. The molecule has 0 bridgehead atoms. The van der Waals surface area contributed by atoms with Gasteiger partial charge in [-0.25, -0.2) is 13.8 Å². The molecule has 2 N–H and O–H groups in total. The van der Waals surface area contributed by atoms with Gasteiger partial charge < -0.3 is 10.6 Å². The Kier molecular flexibility index (Phi) is 6.44. The highest BCUT2D eigenvalue weighted by atomic mass is 32.1. The van der Waals surface area contributed by atoms with Crippen molar-refractivity contribution in [2.75, 3.05) is 11.9 Å². The summed E-state index contributed by atoms with van der Waals surface area (Å²) in [4.78, 5) is 29.1. The molecule has 0 atom stereocenters. The summed E-state index contributed by atoms with van der Waals surface area (Å²) >= 11 is 1.38. The first-order chi connectivity index (χ1) is 13.5. The van der Waals surface area contributed by atoms with E-state index in [4.69, 9.17) is 0 Å². The number of carbonyl (C=O) groups excluding carboxylic acids is 2. The van der Waals surface area contributed by atoms with E-state index in [1.165, 1.54) is 11.3 Å². The van der Waals surface area contributed by atoms with Crippen LogP contribution in [0.25, 0.3) is 0 Å². The molecule has 5 nitrogen and oxygen atoms in total. The average Bonchev–Trinajstić information content (AvgIpc) is 3.09. The Bertz CT molecular complexity index is 977. The van der Waals surface area contributed by atoms with Crippen LogP contribution in [-0.2, 0) is 11.2 Å². The highest BCUT2D eigenvalue weighted by Crippen LogP contribution is 2.21. The maximum atomic E-state index is 13.5. The molecule has 0 aliphatic heterocycles. The molecule has 0 spiro atoms. The van der Waals surface area contributed by atoms with Crippen molar-refractivity contribution in [2.24, 2.45) is 0 Å². The summed E-state index contributed by atoms with van der Waals surface area (Å²) in [5, 5.41) is 5.59. The van der Waals surface area contributed by atoms with Gasteiger partial charge in [0.05, 0.1) is 5.56 Å². The van der Waals surface area contributed by atoms with Gasteiger partial charge in [0.2, 0.25) is 5.91 Å². The fourth-order valence-electron chi connectivity index (χ4n) is 2.48. The fraction of sp³-hybridized carbons (Fsp3) is 0.150. The molecule has 3 aromatic rings. The van der Waals surface area contributed by atoms with Gasteiger partial charge in [0, 0.05) is 36.5 Å². The smallest absolute Gasteiger partial charge is 0.254 e. The van der Waals surface area contributed by atoms with E-state index in [9.17, 15) is 18.4 Å². The van der Waals surface area contributed by atoms with Crippen LogP contribution < -0.4 is 10.6 Å². The van der Waals surface area contributed by atoms with E-state index in [1.54, 1.807) is 6.20 Å². The lowest BCUT2D eigenvalue weighted by molar-refractivity contribution is -0.116. The second-order valence-electron chi connectivity index (χ2n) is 5.97. The topological polar surface area (TPSA) is 71.1 Å². The van der Waals surface area contributed by atoms with Crippen molar-refractivity contribution >= 4 is 28.3 Å². The number of hydrogen-bond acceptors (Lipinski definition) is 4.